The van der Waals surface area contributed by atoms with E-state index in [0.29, 0.717) is 18.7 Å². The van der Waals surface area contributed by atoms with E-state index in [1.54, 1.807) is 29.2 Å². The first-order valence-electron chi connectivity index (χ1n) is 7.60. The average Bonchev–Trinajstić information content (AvgIpc) is 3.22. The summed E-state index contributed by atoms with van der Waals surface area (Å²) >= 11 is 1.45. The van der Waals surface area contributed by atoms with Crippen LogP contribution in [0.5, 0.6) is 0 Å². The van der Waals surface area contributed by atoms with Gasteiger partial charge in [-0.2, -0.15) is 0 Å². The Balaban J connectivity index is 1.67. The fraction of sp³-hybridized carbons (Fsp3) is 0.278. The molecule has 1 unspecified atom stereocenters. The molecule has 1 aromatic heterocycles. The van der Waals surface area contributed by atoms with E-state index < -0.39 is 0 Å². The summed E-state index contributed by atoms with van der Waals surface area (Å²) in [7, 11) is 0. The van der Waals surface area contributed by atoms with Crippen molar-refractivity contribution in [1.29, 1.82) is 0 Å². The van der Waals surface area contributed by atoms with Crippen molar-refractivity contribution in [3.63, 3.8) is 0 Å². The third-order valence-corrected chi connectivity index (χ3v) is 5.10. The number of halogens is 1. The van der Waals surface area contributed by atoms with E-state index in [1.807, 2.05) is 18.2 Å². The number of hydrogen-bond donors (Lipinski definition) is 1. The van der Waals surface area contributed by atoms with Crippen LogP contribution in [0.25, 0.3) is 16.5 Å². The number of aliphatic hydroxyl groups excluding tert-OH is 1. The number of aliphatic hydroxyl groups is 1. The smallest absolute Gasteiger partial charge is 0.246 e. The molecule has 2 aromatic rings. The van der Waals surface area contributed by atoms with Crippen molar-refractivity contribution in [3.05, 3.63) is 53.2 Å². The zero-order chi connectivity index (χ0) is 16.2. The van der Waals surface area contributed by atoms with Crippen molar-refractivity contribution in [3.8, 4) is 10.4 Å². The van der Waals surface area contributed by atoms with Gasteiger partial charge in [-0.15, -0.1) is 11.3 Å². The number of amides is 1. The number of carbonyl (C=O) groups excluding carboxylic acids is 1. The van der Waals surface area contributed by atoms with Gasteiger partial charge in [-0.05, 0) is 30.7 Å². The molecule has 3 rings (SSSR count). The van der Waals surface area contributed by atoms with Gasteiger partial charge in [0.1, 0.15) is 5.82 Å². The Kier molecular flexibility index (Phi) is 4.88. The summed E-state index contributed by atoms with van der Waals surface area (Å²) in [5.74, 6) is -0.0865. The average molecular weight is 331 g/mol. The van der Waals surface area contributed by atoms with Crippen LogP contribution in [-0.2, 0) is 4.79 Å². The van der Waals surface area contributed by atoms with Gasteiger partial charge in [-0.3, -0.25) is 4.79 Å². The first kappa shape index (κ1) is 15.9. The van der Waals surface area contributed by atoms with Crippen molar-refractivity contribution in [2.45, 2.75) is 6.42 Å². The number of benzene rings is 1. The molecule has 0 spiro atoms. The lowest BCUT2D eigenvalue weighted by molar-refractivity contribution is -0.125. The first-order valence-corrected chi connectivity index (χ1v) is 8.41. The molecule has 1 atom stereocenters. The molecule has 2 heterocycles. The molecule has 0 radical (unpaired) electrons. The lowest BCUT2D eigenvalue weighted by atomic mass is 10.1. The van der Waals surface area contributed by atoms with Gasteiger partial charge in [0.15, 0.2) is 0 Å². The molecule has 1 amide bonds. The summed E-state index contributed by atoms with van der Waals surface area (Å²) in [5.41, 5.74) is 0.578. The molecule has 1 aromatic carbocycles. The molecule has 5 heteroatoms. The number of carbonyl (C=O) groups is 1. The van der Waals surface area contributed by atoms with E-state index >= 15 is 0 Å². The molecule has 1 N–H and O–H groups in total. The topological polar surface area (TPSA) is 40.5 Å². The third kappa shape index (κ3) is 3.68. The minimum atomic E-state index is -0.243. The molecular formula is C18H18FNO2S. The minimum Gasteiger partial charge on any atom is -0.396 e. The van der Waals surface area contributed by atoms with Crippen molar-refractivity contribution < 1.29 is 14.3 Å². The zero-order valence-corrected chi connectivity index (χ0v) is 13.4. The summed E-state index contributed by atoms with van der Waals surface area (Å²) < 4.78 is 13.8. The molecule has 1 aliphatic rings. The van der Waals surface area contributed by atoms with Gasteiger partial charge in [0.25, 0.3) is 0 Å². The maximum Gasteiger partial charge on any atom is 0.246 e. The standard InChI is InChI=1S/C18H18FNO2S/c19-16-4-2-1-3-15(16)17-7-5-14(23-17)6-8-18(22)20-10-9-13(11-20)12-21/h1-8,13,21H,9-12H2/b8-6+. The van der Waals surface area contributed by atoms with E-state index in [1.165, 1.54) is 17.4 Å². The predicted octanol–water partition coefficient (Wildman–Crippen LogP) is 3.41. The molecule has 0 aliphatic carbocycles. The number of hydrogen-bond acceptors (Lipinski definition) is 3. The fourth-order valence-electron chi connectivity index (χ4n) is 2.69. The van der Waals surface area contributed by atoms with Crippen molar-refractivity contribution in [2.75, 3.05) is 19.7 Å². The molecular weight excluding hydrogens is 313 g/mol. The second kappa shape index (κ2) is 7.06. The van der Waals surface area contributed by atoms with Crippen LogP contribution in [-0.4, -0.2) is 35.6 Å². The van der Waals surface area contributed by atoms with Crippen LogP contribution in [0.1, 0.15) is 11.3 Å². The predicted molar refractivity (Wildman–Crippen MR) is 90.5 cm³/mol. The second-order valence-electron chi connectivity index (χ2n) is 5.64. The Bertz CT molecular complexity index is 725. The van der Waals surface area contributed by atoms with Crippen LogP contribution in [0.2, 0.25) is 0 Å². The summed E-state index contributed by atoms with van der Waals surface area (Å²) in [6.07, 6.45) is 4.17. The molecule has 3 nitrogen and oxygen atoms in total. The maximum absolute atomic E-state index is 13.8. The molecule has 120 valence electrons. The number of rotatable bonds is 4. The van der Waals surface area contributed by atoms with Crippen LogP contribution < -0.4 is 0 Å². The lowest BCUT2D eigenvalue weighted by Gasteiger charge is -2.13. The summed E-state index contributed by atoms with van der Waals surface area (Å²) in [5, 5.41) is 9.12. The lowest BCUT2D eigenvalue weighted by Crippen LogP contribution is -2.27. The van der Waals surface area contributed by atoms with Crippen LogP contribution >= 0.6 is 11.3 Å². The van der Waals surface area contributed by atoms with Gasteiger partial charge in [0.05, 0.1) is 0 Å². The number of thiophene rings is 1. The monoisotopic (exact) mass is 331 g/mol. The van der Waals surface area contributed by atoms with Crippen LogP contribution in [0.15, 0.2) is 42.5 Å². The van der Waals surface area contributed by atoms with Gasteiger partial charge >= 0.3 is 0 Å². The Morgan fingerprint density at radius 1 is 1.35 bits per heavy atom. The molecule has 1 saturated heterocycles. The van der Waals surface area contributed by atoms with Gasteiger partial charge in [0, 0.05) is 47.0 Å². The summed E-state index contributed by atoms with van der Waals surface area (Å²) in [6, 6.07) is 10.4. The van der Waals surface area contributed by atoms with Crippen molar-refractivity contribution in [1.82, 2.24) is 4.90 Å². The summed E-state index contributed by atoms with van der Waals surface area (Å²) in [6.45, 7) is 1.44. The first-order chi connectivity index (χ1) is 11.2. The van der Waals surface area contributed by atoms with Crippen LogP contribution in [0.4, 0.5) is 4.39 Å². The quantitative estimate of drug-likeness (QED) is 0.872. The highest BCUT2D eigenvalue weighted by Crippen LogP contribution is 2.30. The highest BCUT2D eigenvalue weighted by atomic mass is 32.1. The third-order valence-electron chi connectivity index (χ3n) is 4.01. The Morgan fingerprint density at radius 3 is 2.91 bits per heavy atom. The van der Waals surface area contributed by atoms with E-state index in [2.05, 4.69) is 0 Å². The highest BCUT2D eigenvalue weighted by Gasteiger charge is 2.24. The highest BCUT2D eigenvalue weighted by molar-refractivity contribution is 7.16. The van der Waals surface area contributed by atoms with Crippen LogP contribution in [0.3, 0.4) is 0 Å². The van der Waals surface area contributed by atoms with Gasteiger partial charge < -0.3 is 10.0 Å². The SMILES string of the molecule is O=C(/C=C/c1ccc(-c2ccccc2F)s1)N1CCC(CO)C1. The summed E-state index contributed by atoms with van der Waals surface area (Å²) in [4.78, 5) is 15.6. The normalized spacial score (nSPS) is 18.0. The van der Waals surface area contributed by atoms with E-state index in [4.69, 9.17) is 5.11 Å². The largest absolute Gasteiger partial charge is 0.396 e. The van der Waals surface area contributed by atoms with E-state index in [0.717, 1.165) is 16.2 Å². The van der Waals surface area contributed by atoms with E-state index in [-0.39, 0.29) is 24.2 Å². The van der Waals surface area contributed by atoms with Gasteiger partial charge in [0.2, 0.25) is 5.91 Å². The molecule has 0 bridgehead atoms. The minimum absolute atomic E-state index is 0.0400. The molecule has 23 heavy (non-hydrogen) atoms. The number of nitrogens with zero attached hydrogens (tertiary/aromatic N) is 1. The Morgan fingerprint density at radius 2 is 2.17 bits per heavy atom. The Labute approximate surface area is 138 Å². The van der Waals surface area contributed by atoms with Crippen LogP contribution in [0, 0.1) is 11.7 Å². The number of likely N-dealkylation sites (tertiary alicyclic amines) is 1. The zero-order valence-electron chi connectivity index (χ0n) is 12.6. The second-order valence-corrected chi connectivity index (χ2v) is 6.75. The van der Waals surface area contributed by atoms with Crippen molar-refractivity contribution in [2.24, 2.45) is 5.92 Å². The van der Waals surface area contributed by atoms with Gasteiger partial charge in [-0.1, -0.05) is 18.2 Å². The van der Waals surface area contributed by atoms with E-state index in [9.17, 15) is 9.18 Å². The Hall–Kier alpha value is -1.98. The maximum atomic E-state index is 13.8. The van der Waals surface area contributed by atoms with Crippen molar-refractivity contribution >= 4 is 23.3 Å². The molecule has 1 aliphatic heterocycles. The molecule has 0 saturated carbocycles. The molecule has 1 fully saturated rings. The van der Waals surface area contributed by atoms with Gasteiger partial charge in [-0.25, -0.2) is 4.39 Å². The fourth-order valence-corrected chi connectivity index (χ4v) is 3.63.